The van der Waals surface area contributed by atoms with E-state index in [1.165, 1.54) is 51.6 Å². The van der Waals surface area contributed by atoms with Crippen molar-refractivity contribution in [1.82, 2.24) is 10.2 Å². The standard InChI is InChI=1S/C15H30N2O/c1-3-16-12-15(8-4-5-9-15)13-17(10-11-18-2)14-6-7-14/h14,16H,3-13H2,1-2H3. The van der Waals surface area contributed by atoms with E-state index in [0.717, 1.165) is 25.7 Å². The molecule has 2 aliphatic rings. The Morgan fingerprint density at radius 2 is 2.00 bits per heavy atom. The zero-order valence-corrected chi connectivity index (χ0v) is 12.2. The van der Waals surface area contributed by atoms with E-state index in [4.69, 9.17) is 4.74 Å². The van der Waals surface area contributed by atoms with E-state index >= 15 is 0 Å². The van der Waals surface area contributed by atoms with Crippen molar-refractivity contribution in [3.63, 3.8) is 0 Å². The quantitative estimate of drug-likeness (QED) is 0.683. The van der Waals surface area contributed by atoms with Gasteiger partial charge in [0.05, 0.1) is 6.61 Å². The fourth-order valence-electron chi connectivity index (χ4n) is 3.38. The lowest BCUT2D eigenvalue weighted by Gasteiger charge is -2.36. The minimum atomic E-state index is 0.548. The lowest BCUT2D eigenvalue weighted by atomic mass is 9.85. The van der Waals surface area contributed by atoms with Crippen molar-refractivity contribution in [3.8, 4) is 0 Å². The van der Waals surface area contributed by atoms with E-state index in [9.17, 15) is 0 Å². The molecule has 0 saturated heterocycles. The van der Waals surface area contributed by atoms with E-state index < -0.39 is 0 Å². The Balaban J connectivity index is 1.88. The fraction of sp³-hybridized carbons (Fsp3) is 1.00. The van der Waals surface area contributed by atoms with Crippen molar-refractivity contribution in [2.45, 2.75) is 51.5 Å². The van der Waals surface area contributed by atoms with Gasteiger partial charge < -0.3 is 10.1 Å². The van der Waals surface area contributed by atoms with Crippen molar-refractivity contribution >= 4 is 0 Å². The first-order valence-electron chi connectivity index (χ1n) is 7.73. The highest BCUT2D eigenvalue weighted by molar-refractivity contribution is 4.93. The Morgan fingerprint density at radius 3 is 2.56 bits per heavy atom. The van der Waals surface area contributed by atoms with Gasteiger partial charge in [-0.3, -0.25) is 4.90 Å². The van der Waals surface area contributed by atoms with Gasteiger partial charge in [0.1, 0.15) is 0 Å². The lowest BCUT2D eigenvalue weighted by molar-refractivity contribution is 0.100. The molecule has 0 aliphatic heterocycles. The predicted octanol–water partition coefficient (Wildman–Crippen LogP) is 2.27. The van der Waals surface area contributed by atoms with E-state index in [1.54, 1.807) is 0 Å². The number of methoxy groups -OCH3 is 1. The molecule has 0 bridgehead atoms. The smallest absolute Gasteiger partial charge is 0.0589 e. The first-order chi connectivity index (χ1) is 8.79. The summed E-state index contributed by atoms with van der Waals surface area (Å²) in [7, 11) is 1.81. The molecule has 2 fully saturated rings. The number of rotatable bonds is 9. The maximum atomic E-state index is 5.27. The number of hydrogen-bond acceptors (Lipinski definition) is 3. The second-order valence-corrected chi connectivity index (χ2v) is 6.18. The van der Waals surface area contributed by atoms with Crippen LogP contribution in [0.4, 0.5) is 0 Å². The highest BCUT2D eigenvalue weighted by Crippen LogP contribution is 2.40. The van der Waals surface area contributed by atoms with Crippen LogP contribution in [0.1, 0.15) is 45.4 Å². The van der Waals surface area contributed by atoms with Crippen LogP contribution in [-0.4, -0.2) is 50.8 Å². The molecule has 0 aromatic carbocycles. The summed E-state index contributed by atoms with van der Waals surface area (Å²) in [6, 6.07) is 0.860. The van der Waals surface area contributed by atoms with Gasteiger partial charge in [0.15, 0.2) is 0 Å². The zero-order chi connectivity index (χ0) is 12.8. The monoisotopic (exact) mass is 254 g/mol. The molecule has 0 amide bonds. The van der Waals surface area contributed by atoms with Gasteiger partial charge in [-0.1, -0.05) is 19.8 Å². The summed E-state index contributed by atoms with van der Waals surface area (Å²) in [5.41, 5.74) is 0.548. The van der Waals surface area contributed by atoms with Crippen molar-refractivity contribution in [1.29, 1.82) is 0 Å². The van der Waals surface area contributed by atoms with Crippen molar-refractivity contribution < 1.29 is 4.74 Å². The molecule has 0 unspecified atom stereocenters. The number of ether oxygens (including phenoxy) is 1. The van der Waals surface area contributed by atoms with Crippen molar-refractivity contribution in [2.75, 3.05) is 39.9 Å². The van der Waals surface area contributed by atoms with Crippen LogP contribution in [-0.2, 0) is 4.74 Å². The van der Waals surface area contributed by atoms with E-state index in [1.807, 2.05) is 7.11 Å². The van der Waals surface area contributed by atoms with Gasteiger partial charge in [-0.05, 0) is 37.6 Å². The largest absolute Gasteiger partial charge is 0.383 e. The normalized spacial score (nSPS) is 22.8. The average molecular weight is 254 g/mol. The summed E-state index contributed by atoms with van der Waals surface area (Å²) < 4.78 is 5.27. The second kappa shape index (κ2) is 6.88. The molecular weight excluding hydrogens is 224 g/mol. The van der Waals surface area contributed by atoms with Gasteiger partial charge in [0.25, 0.3) is 0 Å². The molecule has 1 N–H and O–H groups in total. The lowest BCUT2D eigenvalue weighted by Crippen LogP contribution is -2.44. The van der Waals surface area contributed by atoms with Crippen LogP contribution in [0, 0.1) is 5.41 Å². The molecule has 0 radical (unpaired) electrons. The molecule has 0 spiro atoms. The van der Waals surface area contributed by atoms with Crippen LogP contribution in [0.25, 0.3) is 0 Å². The molecule has 2 saturated carbocycles. The molecule has 0 atom stereocenters. The van der Waals surface area contributed by atoms with Crippen molar-refractivity contribution in [3.05, 3.63) is 0 Å². The first kappa shape index (κ1) is 14.3. The first-order valence-corrected chi connectivity index (χ1v) is 7.73. The molecule has 2 aliphatic carbocycles. The summed E-state index contributed by atoms with van der Waals surface area (Å²) in [6.45, 7) is 7.81. The van der Waals surface area contributed by atoms with Gasteiger partial charge in [-0.15, -0.1) is 0 Å². The van der Waals surface area contributed by atoms with Crippen LogP contribution in [0.3, 0.4) is 0 Å². The Kier molecular flexibility index (Phi) is 5.46. The summed E-state index contributed by atoms with van der Waals surface area (Å²) in [5, 5.41) is 3.59. The summed E-state index contributed by atoms with van der Waals surface area (Å²) in [6.07, 6.45) is 8.48. The van der Waals surface area contributed by atoms with E-state index in [-0.39, 0.29) is 0 Å². The third-order valence-corrected chi connectivity index (χ3v) is 4.60. The SMILES string of the molecule is CCNCC1(CN(CCOC)C2CC2)CCCC1. The summed E-state index contributed by atoms with van der Waals surface area (Å²) >= 11 is 0. The minimum absolute atomic E-state index is 0.548. The third-order valence-electron chi connectivity index (χ3n) is 4.60. The molecule has 0 aromatic rings. The highest BCUT2D eigenvalue weighted by Gasteiger charge is 2.39. The Bertz CT molecular complexity index is 235. The van der Waals surface area contributed by atoms with E-state index in [0.29, 0.717) is 5.41 Å². The number of hydrogen-bond donors (Lipinski definition) is 1. The van der Waals surface area contributed by atoms with E-state index in [2.05, 4.69) is 17.1 Å². The summed E-state index contributed by atoms with van der Waals surface area (Å²) in [5.74, 6) is 0. The molecule has 3 heteroatoms. The van der Waals surface area contributed by atoms with Gasteiger partial charge in [-0.25, -0.2) is 0 Å². The van der Waals surface area contributed by atoms with Crippen LogP contribution in [0.2, 0.25) is 0 Å². The average Bonchev–Trinajstić information content (AvgIpc) is 3.13. The topological polar surface area (TPSA) is 24.5 Å². The maximum absolute atomic E-state index is 5.27. The Hall–Kier alpha value is -0.120. The van der Waals surface area contributed by atoms with Gasteiger partial charge >= 0.3 is 0 Å². The maximum Gasteiger partial charge on any atom is 0.0589 e. The Morgan fingerprint density at radius 1 is 1.28 bits per heavy atom. The minimum Gasteiger partial charge on any atom is -0.383 e. The van der Waals surface area contributed by atoms with Gasteiger partial charge in [0, 0.05) is 32.8 Å². The Labute approximate surface area is 112 Å². The zero-order valence-electron chi connectivity index (χ0n) is 12.2. The third kappa shape index (κ3) is 3.94. The van der Waals surface area contributed by atoms with Gasteiger partial charge in [-0.2, -0.15) is 0 Å². The molecule has 106 valence electrons. The van der Waals surface area contributed by atoms with Crippen LogP contribution < -0.4 is 5.32 Å². The van der Waals surface area contributed by atoms with Crippen LogP contribution >= 0.6 is 0 Å². The number of nitrogens with zero attached hydrogens (tertiary/aromatic N) is 1. The van der Waals surface area contributed by atoms with Crippen LogP contribution in [0.15, 0.2) is 0 Å². The van der Waals surface area contributed by atoms with Crippen molar-refractivity contribution in [2.24, 2.45) is 5.41 Å². The fourth-order valence-corrected chi connectivity index (χ4v) is 3.38. The molecule has 18 heavy (non-hydrogen) atoms. The molecule has 3 nitrogen and oxygen atoms in total. The summed E-state index contributed by atoms with van der Waals surface area (Å²) in [4.78, 5) is 2.70. The predicted molar refractivity (Wildman–Crippen MR) is 75.9 cm³/mol. The number of nitrogens with one attached hydrogen (secondary N) is 1. The van der Waals surface area contributed by atoms with Gasteiger partial charge in [0.2, 0.25) is 0 Å². The molecular formula is C15H30N2O. The second-order valence-electron chi connectivity index (χ2n) is 6.18. The molecule has 0 aromatic heterocycles. The highest BCUT2D eigenvalue weighted by atomic mass is 16.5. The van der Waals surface area contributed by atoms with Crippen LogP contribution in [0.5, 0.6) is 0 Å². The molecule has 0 heterocycles. The molecule has 2 rings (SSSR count).